The first-order valence-corrected chi connectivity index (χ1v) is 4.10. The summed E-state index contributed by atoms with van der Waals surface area (Å²) < 4.78 is 5.02. The number of aromatic amines is 1. The molecule has 0 aliphatic carbocycles. The molecule has 0 spiro atoms. The van der Waals surface area contributed by atoms with Crippen molar-refractivity contribution in [2.45, 2.75) is 0 Å². The molecule has 0 fully saturated rings. The van der Waals surface area contributed by atoms with Gasteiger partial charge in [0.15, 0.2) is 0 Å². The van der Waals surface area contributed by atoms with Gasteiger partial charge >= 0.3 is 7.12 Å². The number of ether oxygens (including phenoxy) is 1. The van der Waals surface area contributed by atoms with E-state index < -0.39 is 7.12 Å². The number of nitrogens with zero attached hydrogens (tertiary/aromatic N) is 1. The molecule has 6 heteroatoms. The number of aromatic nitrogens is 2. The number of fused-ring (bicyclic) bond motifs is 1. The fourth-order valence-electron chi connectivity index (χ4n) is 1.26. The van der Waals surface area contributed by atoms with E-state index in [9.17, 15) is 0 Å². The zero-order chi connectivity index (χ0) is 10.1. The summed E-state index contributed by atoms with van der Waals surface area (Å²) >= 11 is 0. The van der Waals surface area contributed by atoms with Crippen LogP contribution in [-0.2, 0) is 0 Å². The Morgan fingerprint density at radius 3 is 2.86 bits per heavy atom. The van der Waals surface area contributed by atoms with Crippen LogP contribution in [0.4, 0.5) is 0 Å². The van der Waals surface area contributed by atoms with Crippen LogP contribution >= 0.6 is 0 Å². The van der Waals surface area contributed by atoms with Crippen LogP contribution < -0.4 is 10.5 Å². The standard InChI is InChI=1S/C8H9BN2O3/c1-14-5-2-3-6-7(4-5)11-8(10-6)9(12)13/h2-4,12-13H,1H3,(H,10,11). The van der Waals surface area contributed by atoms with Crippen LogP contribution in [0.15, 0.2) is 18.2 Å². The largest absolute Gasteiger partial charge is 0.526 e. The lowest BCUT2D eigenvalue weighted by Gasteiger charge is -1.96. The molecule has 1 aromatic carbocycles. The van der Waals surface area contributed by atoms with Gasteiger partial charge in [-0.15, -0.1) is 0 Å². The van der Waals surface area contributed by atoms with Gasteiger partial charge in [-0.25, -0.2) is 4.98 Å². The average molecular weight is 192 g/mol. The number of hydrogen-bond donors (Lipinski definition) is 3. The van der Waals surface area contributed by atoms with Gasteiger partial charge < -0.3 is 19.8 Å². The van der Waals surface area contributed by atoms with Gasteiger partial charge in [0.25, 0.3) is 0 Å². The molecule has 72 valence electrons. The third-order valence-corrected chi connectivity index (χ3v) is 1.95. The van der Waals surface area contributed by atoms with Crippen molar-refractivity contribution in [3.8, 4) is 5.75 Å². The Labute approximate surface area is 80.5 Å². The molecule has 2 aromatic rings. The summed E-state index contributed by atoms with van der Waals surface area (Å²) in [5, 5.41) is 17.8. The third-order valence-electron chi connectivity index (χ3n) is 1.95. The van der Waals surface area contributed by atoms with Gasteiger partial charge in [0.2, 0.25) is 0 Å². The van der Waals surface area contributed by atoms with Gasteiger partial charge in [0.05, 0.1) is 18.1 Å². The SMILES string of the molecule is COc1ccc2nc(B(O)O)[nH]c2c1. The Kier molecular flexibility index (Phi) is 2.15. The van der Waals surface area contributed by atoms with E-state index in [-0.39, 0.29) is 5.72 Å². The topological polar surface area (TPSA) is 78.4 Å². The fourth-order valence-corrected chi connectivity index (χ4v) is 1.26. The average Bonchev–Trinajstić information content (AvgIpc) is 2.59. The molecule has 0 bridgehead atoms. The quantitative estimate of drug-likeness (QED) is 0.547. The number of imidazole rings is 1. The lowest BCUT2D eigenvalue weighted by Crippen LogP contribution is -2.33. The second kappa shape index (κ2) is 3.32. The van der Waals surface area contributed by atoms with Crippen LogP contribution in [-0.4, -0.2) is 34.2 Å². The van der Waals surface area contributed by atoms with Crippen LogP contribution in [0.3, 0.4) is 0 Å². The molecule has 1 heterocycles. The molecule has 3 N–H and O–H groups in total. The number of hydrogen-bond acceptors (Lipinski definition) is 4. The van der Waals surface area contributed by atoms with E-state index in [4.69, 9.17) is 14.8 Å². The highest BCUT2D eigenvalue weighted by atomic mass is 16.5. The molecule has 0 radical (unpaired) electrons. The lowest BCUT2D eigenvalue weighted by molar-refractivity contribution is 0.415. The van der Waals surface area contributed by atoms with Gasteiger partial charge in [0.1, 0.15) is 11.5 Å². The normalized spacial score (nSPS) is 10.5. The summed E-state index contributed by atoms with van der Waals surface area (Å²) in [7, 11) is -0.00677. The molecule has 5 nitrogen and oxygen atoms in total. The number of rotatable bonds is 2. The molecular weight excluding hydrogens is 183 g/mol. The van der Waals surface area contributed by atoms with Crippen molar-refractivity contribution in [3.05, 3.63) is 18.2 Å². The van der Waals surface area contributed by atoms with Crippen LogP contribution in [0.5, 0.6) is 5.75 Å². The Balaban J connectivity index is 2.54. The van der Waals surface area contributed by atoms with E-state index in [1.54, 1.807) is 25.3 Å². The van der Waals surface area contributed by atoms with Gasteiger partial charge in [-0.2, -0.15) is 0 Å². The molecule has 0 saturated heterocycles. The number of methoxy groups -OCH3 is 1. The van der Waals surface area contributed by atoms with Crippen LogP contribution in [0, 0.1) is 0 Å². The van der Waals surface area contributed by atoms with E-state index in [0.717, 1.165) is 0 Å². The van der Waals surface area contributed by atoms with Crippen LogP contribution in [0.1, 0.15) is 0 Å². The Morgan fingerprint density at radius 2 is 2.21 bits per heavy atom. The van der Waals surface area contributed by atoms with E-state index >= 15 is 0 Å². The highest BCUT2D eigenvalue weighted by Gasteiger charge is 2.15. The molecule has 0 aliphatic heterocycles. The number of nitrogens with one attached hydrogen (secondary N) is 1. The minimum atomic E-state index is -1.58. The van der Waals surface area contributed by atoms with E-state index in [1.165, 1.54) is 0 Å². The van der Waals surface area contributed by atoms with Crippen molar-refractivity contribution in [1.82, 2.24) is 9.97 Å². The Morgan fingerprint density at radius 1 is 1.43 bits per heavy atom. The summed E-state index contributed by atoms with van der Waals surface area (Å²) in [5.41, 5.74) is 1.52. The van der Waals surface area contributed by atoms with Crippen molar-refractivity contribution in [2.24, 2.45) is 0 Å². The minimum Gasteiger partial charge on any atom is -0.497 e. The van der Waals surface area contributed by atoms with Gasteiger partial charge in [-0.3, -0.25) is 0 Å². The molecule has 14 heavy (non-hydrogen) atoms. The van der Waals surface area contributed by atoms with Gasteiger partial charge in [-0.1, -0.05) is 0 Å². The minimum absolute atomic E-state index is 0.133. The van der Waals surface area contributed by atoms with Crippen molar-refractivity contribution in [2.75, 3.05) is 7.11 Å². The van der Waals surface area contributed by atoms with Crippen molar-refractivity contribution in [1.29, 1.82) is 0 Å². The lowest BCUT2D eigenvalue weighted by atomic mass is 9.91. The smallest absolute Gasteiger partial charge is 0.497 e. The predicted octanol–water partition coefficient (Wildman–Crippen LogP) is -0.749. The molecule has 1 aromatic heterocycles. The first kappa shape index (κ1) is 9.05. The van der Waals surface area contributed by atoms with Gasteiger partial charge in [-0.05, 0) is 12.1 Å². The van der Waals surface area contributed by atoms with Crippen LogP contribution in [0.25, 0.3) is 11.0 Å². The predicted molar refractivity (Wildman–Crippen MR) is 52.5 cm³/mol. The van der Waals surface area contributed by atoms with Gasteiger partial charge in [0, 0.05) is 6.07 Å². The Bertz CT molecular complexity index is 455. The number of benzene rings is 1. The summed E-state index contributed by atoms with van der Waals surface area (Å²) in [6.45, 7) is 0. The van der Waals surface area contributed by atoms with E-state index in [2.05, 4.69) is 9.97 Å². The molecule has 2 rings (SSSR count). The zero-order valence-electron chi connectivity index (χ0n) is 7.56. The molecule has 0 atom stereocenters. The molecule has 0 saturated carbocycles. The molecule has 0 unspecified atom stereocenters. The highest BCUT2D eigenvalue weighted by Crippen LogP contribution is 2.16. The third kappa shape index (κ3) is 1.45. The van der Waals surface area contributed by atoms with E-state index in [0.29, 0.717) is 16.8 Å². The summed E-state index contributed by atoms with van der Waals surface area (Å²) in [5.74, 6) is 0.695. The highest BCUT2D eigenvalue weighted by molar-refractivity contribution is 6.56. The maximum Gasteiger partial charge on any atom is 0.526 e. The monoisotopic (exact) mass is 192 g/mol. The van der Waals surface area contributed by atoms with E-state index in [1.807, 2.05) is 0 Å². The first-order valence-electron chi connectivity index (χ1n) is 4.10. The molecular formula is C8H9BN2O3. The van der Waals surface area contributed by atoms with Crippen molar-refractivity contribution in [3.63, 3.8) is 0 Å². The fraction of sp³-hybridized carbons (Fsp3) is 0.125. The van der Waals surface area contributed by atoms with Crippen molar-refractivity contribution < 1.29 is 14.8 Å². The summed E-state index contributed by atoms with van der Waals surface area (Å²) in [6, 6.07) is 5.25. The second-order valence-electron chi connectivity index (χ2n) is 2.88. The maximum atomic E-state index is 8.88. The summed E-state index contributed by atoms with van der Waals surface area (Å²) in [6.07, 6.45) is 0. The van der Waals surface area contributed by atoms with Crippen molar-refractivity contribution >= 4 is 23.9 Å². The first-order chi connectivity index (χ1) is 6.70. The zero-order valence-corrected chi connectivity index (χ0v) is 7.56. The molecule has 0 aliphatic rings. The maximum absolute atomic E-state index is 8.88. The molecule has 0 amide bonds. The summed E-state index contributed by atoms with van der Waals surface area (Å²) in [4.78, 5) is 6.76. The van der Waals surface area contributed by atoms with Crippen LogP contribution in [0.2, 0.25) is 0 Å². The second-order valence-corrected chi connectivity index (χ2v) is 2.88. The Hall–Kier alpha value is -1.53. The number of H-pyrrole nitrogens is 1.